The van der Waals surface area contributed by atoms with Crippen LogP contribution in [-0.4, -0.2) is 58.0 Å². The molecule has 5 rings (SSSR count). The first-order valence-corrected chi connectivity index (χ1v) is 12.3. The van der Waals surface area contributed by atoms with Crippen molar-refractivity contribution in [2.24, 2.45) is 0 Å². The van der Waals surface area contributed by atoms with E-state index in [0.717, 1.165) is 22.5 Å². The number of rotatable bonds is 5. The maximum atomic E-state index is 13.2. The Morgan fingerprint density at radius 1 is 0.972 bits per heavy atom. The normalized spacial score (nSPS) is 17.2. The molecular formula is C27H23FN4O3S. The zero-order valence-corrected chi connectivity index (χ0v) is 20.2. The van der Waals surface area contributed by atoms with Gasteiger partial charge >= 0.3 is 0 Å². The zero-order chi connectivity index (χ0) is 25.1. The number of hydrogen-bond donors (Lipinski definition) is 0. The van der Waals surface area contributed by atoms with Crippen molar-refractivity contribution in [2.75, 3.05) is 31.1 Å². The lowest BCUT2D eigenvalue weighted by Gasteiger charge is -2.35. The summed E-state index contributed by atoms with van der Waals surface area (Å²) < 4.78 is 13.2. The molecule has 182 valence electrons. The highest BCUT2D eigenvalue weighted by Crippen LogP contribution is 2.33. The topological polar surface area (TPSA) is 73.8 Å². The van der Waals surface area contributed by atoms with E-state index in [1.807, 2.05) is 23.1 Å². The molecule has 0 atom stereocenters. The van der Waals surface area contributed by atoms with Crippen LogP contribution in [-0.2, 0) is 11.3 Å². The summed E-state index contributed by atoms with van der Waals surface area (Å²) in [6.45, 7) is 2.64. The second-order valence-corrected chi connectivity index (χ2v) is 9.48. The van der Waals surface area contributed by atoms with Gasteiger partial charge in [-0.3, -0.25) is 19.3 Å². The molecule has 0 saturated carbocycles. The number of halogens is 1. The number of hydrogen-bond acceptors (Lipinski definition) is 6. The third kappa shape index (κ3) is 5.16. The number of aromatic nitrogens is 1. The Labute approximate surface area is 212 Å². The van der Waals surface area contributed by atoms with E-state index in [1.165, 1.54) is 12.1 Å². The van der Waals surface area contributed by atoms with Crippen LogP contribution in [0.2, 0.25) is 0 Å². The van der Waals surface area contributed by atoms with E-state index >= 15 is 0 Å². The number of carbonyl (C=O) groups excluding carboxylic acids is 3. The lowest BCUT2D eigenvalue weighted by atomic mass is 10.1. The molecule has 2 aliphatic rings. The first-order valence-electron chi connectivity index (χ1n) is 11.5. The molecule has 2 aliphatic heterocycles. The minimum absolute atomic E-state index is 0.0738. The van der Waals surface area contributed by atoms with E-state index in [4.69, 9.17) is 0 Å². The van der Waals surface area contributed by atoms with E-state index in [2.05, 4.69) is 9.88 Å². The summed E-state index contributed by atoms with van der Waals surface area (Å²) in [6.07, 6.45) is 3.39. The Kier molecular flexibility index (Phi) is 6.81. The summed E-state index contributed by atoms with van der Waals surface area (Å²) in [5, 5.41) is -0.381. The number of thioether (sulfide) groups is 1. The first-order chi connectivity index (χ1) is 17.5. The molecule has 0 N–H and O–H groups in total. The van der Waals surface area contributed by atoms with Gasteiger partial charge in [0.05, 0.1) is 11.4 Å². The highest BCUT2D eigenvalue weighted by Gasteiger charge is 2.35. The van der Waals surface area contributed by atoms with Crippen molar-refractivity contribution in [3.63, 3.8) is 0 Å². The Morgan fingerprint density at radius 2 is 1.75 bits per heavy atom. The third-order valence-electron chi connectivity index (χ3n) is 6.10. The van der Waals surface area contributed by atoms with Gasteiger partial charge in [-0.15, -0.1) is 0 Å². The van der Waals surface area contributed by atoms with E-state index in [0.29, 0.717) is 42.9 Å². The second kappa shape index (κ2) is 10.3. The number of amides is 3. The summed E-state index contributed by atoms with van der Waals surface area (Å²) >= 11 is 0.857. The molecule has 2 saturated heterocycles. The Balaban J connectivity index is 1.25. The van der Waals surface area contributed by atoms with E-state index in [9.17, 15) is 18.8 Å². The van der Waals surface area contributed by atoms with Gasteiger partial charge in [0.25, 0.3) is 17.1 Å². The average molecular weight is 503 g/mol. The maximum Gasteiger partial charge on any atom is 0.293 e. The van der Waals surface area contributed by atoms with Crippen LogP contribution >= 0.6 is 11.8 Å². The molecule has 0 aliphatic carbocycles. The van der Waals surface area contributed by atoms with Crippen LogP contribution in [0.15, 0.2) is 77.8 Å². The lowest BCUT2D eigenvalue weighted by molar-refractivity contribution is -0.123. The van der Waals surface area contributed by atoms with Gasteiger partial charge in [0, 0.05) is 37.9 Å². The highest BCUT2D eigenvalue weighted by molar-refractivity contribution is 8.18. The summed E-state index contributed by atoms with van der Waals surface area (Å²) in [7, 11) is 0. The summed E-state index contributed by atoms with van der Waals surface area (Å²) in [5.74, 6) is 0.0456. The van der Waals surface area contributed by atoms with Gasteiger partial charge in [0.1, 0.15) is 11.6 Å². The molecule has 9 heteroatoms. The molecule has 3 heterocycles. The van der Waals surface area contributed by atoms with Gasteiger partial charge in [-0.05, 0) is 65.4 Å². The number of benzene rings is 2. The van der Waals surface area contributed by atoms with Gasteiger partial charge in [0.15, 0.2) is 0 Å². The maximum absolute atomic E-state index is 13.2. The van der Waals surface area contributed by atoms with Crippen molar-refractivity contribution in [3.05, 3.63) is 100 Å². The summed E-state index contributed by atoms with van der Waals surface area (Å²) in [5.41, 5.74) is 1.86. The average Bonchev–Trinajstić information content (AvgIpc) is 3.17. The van der Waals surface area contributed by atoms with Crippen molar-refractivity contribution in [2.45, 2.75) is 6.54 Å². The number of pyridine rings is 1. The predicted octanol–water partition coefficient (Wildman–Crippen LogP) is 4.42. The molecule has 36 heavy (non-hydrogen) atoms. The van der Waals surface area contributed by atoms with Gasteiger partial charge in [-0.1, -0.05) is 30.3 Å². The van der Waals surface area contributed by atoms with Crippen LogP contribution in [0.1, 0.15) is 21.5 Å². The number of carbonyl (C=O) groups is 3. The van der Waals surface area contributed by atoms with E-state index in [-0.39, 0.29) is 28.4 Å². The Bertz CT molecular complexity index is 1320. The number of imide groups is 1. The van der Waals surface area contributed by atoms with Crippen molar-refractivity contribution >= 4 is 40.7 Å². The van der Waals surface area contributed by atoms with Crippen molar-refractivity contribution in [1.82, 2.24) is 14.8 Å². The quantitative estimate of drug-likeness (QED) is 0.481. The van der Waals surface area contributed by atoms with Gasteiger partial charge in [-0.25, -0.2) is 9.37 Å². The number of nitrogens with zero attached hydrogens (tertiary/aromatic N) is 4. The van der Waals surface area contributed by atoms with Crippen LogP contribution in [0.25, 0.3) is 6.08 Å². The Morgan fingerprint density at radius 3 is 2.47 bits per heavy atom. The van der Waals surface area contributed by atoms with Crippen LogP contribution in [0.5, 0.6) is 0 Å². The fourth-order valence-electron chi connectivity index (χ4n) is 4.18. The zero-order valence-electron chi connectivity index (χ0n) is 19.3. The SMILES string of the molecule is O=C(c1cccc(C=C2SC(=O)N(Cc3ccc(F)cc3)C2=O)c1)N1CCN(c2ccccn2)CC1. The van der Waals surface area contributed by atoms with Gasteiger partial charge < -0.3 is 9.80 Å². The standard InChI is InChI=1S/C27H23FN4O3S/c28-22-9-7-19(8-10-22)18-32-26(34)23(36-27(32)35)17-20-4-3-5-21(16-20)25(33)31-14-12-30(13-15-31)24-6-1-2-11-29-24/h1-11,16-17H,12-15,18H2. The molecule has 3 aromatic rings. The third-order valence-corrected chi connectivity index (χ3v) is 7.01. The molecule has 0 bridgehead atoms. The van der Waals surface area contributed by atoms with Crippen LogP contribution in [0.3, 0.4) is 0 Å². The predicted molar refractivity (Wildman–Crippen MR) is 137 cm³/mol. The molecular weight excluding hydrogens is 479 g/mol. The molecule has 0 radical (unpaired) electrons. The van der Waals surface area contributed by atoms with E-state index < -0.39 is 5.91 Å². The Hall–Kier alpha value is -3.98. The minimum atomic E-state index is -0.406. The van der Waals surface area contributed by atoms with Crippen molar-refractivity contribution in [1.29, 1.82) is 0 Å². The van der Waals surface area contributed by atoms with Crippen LogP contribution in [0, 0.1) is 5.82 Å². The number of piperazine rings is 1. The minimum Gasteiger partial charge on any atom is -0.353 e. The van der Waals surface area contributed by atoms with E-state index in [1.54, 1.807) is 48.7 Å². The van der Waals surface area contributed by atoms with Gasteiger partial charge in [-0.2, -0.15) is 0 Å². The molecule has 3 amide bonds. The fraction of sp³-hybridized carbons (Fsp3) is 0.185. The monoisotopic (exact) mass is 502 g/mol. The second-order valence-electron chi connectivity index (χ2n) is 8.49. The molecule has 0 spiro atoms. The molecule has 0 unspecified atom stereocenters. The van der Waals surface area contributed by atoms with Gasteiger partial charge in [0.2, 0.25) is 0 Å². The van der Waals surface area contributed by atoms with Crippen molar-refractivity contribution in [3.8, 4) is 0 Å². The smallest absolute Gasteiger partial charge is 0.293 e. The molecule has 2 aromatic carbocycles. The fourth-order valence-corrected chi connectivity index (χ4v) is 5.02. The summed E-state index contributed by atoms with van der Waals surface area (Å²) in [6, 6.07) is 18.5. The highest BCUT2D eigenvalue weighted by atomic mass is 32.2. The lowest BCUT2D eigenvalue weighted by Crippen LogP contribution is -2.49. The summed E-state index contributed by atoms with van der Waals surface area (Å²) in [4.78, 5) is 48.2. The molecule has 1 aromatic heterocycles. The van der Waals surface area contributed by atoms with Crippen LogP contribution < -0.4 is 4.90 Å². The molecule has 2 fully saturated rings. The first kappa shape index (κ1) is 23.7. The molecule has 7 nitrogen and oxygen atoms in total. The largest absolute Gasteiger partial charge is 0.353 e. The van der Waals surface area contributed by atoms with Crippen molar-refractivity contribution < 1.29 is 18.8 Å². The van der Waals surface area contributed by atoms with Crippen LogP contribution in [0.4, 0.5) is 15.0 Å². The number of anilines is 1.